The van der Waals surface area contributed by atoms with E-state index in [0.717, 1.165) is 44.4 Å². The molecule has 0 fully saturated rings. The van der Waals surface area contributed by atoms with Gasteiger partial charge in [0.2, 0.25) is 15.9 Å². The van der Waals surface area contributed by atoms with Gasteiger partial charge in [-0.2, -0.15) is 0 Å². The molecule has 0 saturated carbocycles. The number of benzene rings is 3. The molecule has 4 rings (SSSR count). The lowest BCUT2D eigenvalue weighted by Crippen LogP contribution is -2.26. The molecule has 37 heavy (non-hydrogen) atoms. The number of hydrogen-bond donors (Lipinski definition) is 4. The molecule has 0 saturated heterocycles. The van der Waals surface area contributed by atoms with E-state index in [2.05, 4.69) is 10.6 Å². The van der Waals surface area contributed by atoms with E-state index < -0.39 is 16.1 Å². The predicted molar refractivity (Wildman–Crippen MR) is 141 cm³/mol. The monoisotopic (exact) mass is 525 g/mol. The molecule has 1 aliphatic carbocycles. The molecule has 3 aromatic carbocycles. The van der Waals surface area contributed by atoms with Crippen molar-refractivity contribution < 1.29 is 28.2 Å². The van der Waals surface area contributed by atoms with Crippen LogP contribution in [0, 0.1) is 0 Å². The first-order chi connectivity index (χ1) is 17.6. The number of rotatable bonds is 10. The Kier molecular flexibility index (Phi) is 7.84. The Morgan fingerprint density at radius 2 is 1.76 bits per heavy atom. The highest BCUT2D eigenvalue weighted by molar-refractivity contribution is 7.89. The van der Waals surface area contributed by atoms with E-state index in [0.29, 0.717) is 18.7 Å². The van der Waals surface area contributed by atoms with Crippen molar-refractivity contribution in [2.75, 3.05) is 39.1 Å². The van der Waals surface area contributed by atoms with E-state index >= 15 is 0 Å². The van der Waals surface area contributed by atoms with Gasteiger partial charge in [-0.25, -0.2) is 12.7 Å². The van der Waals surface area contributed by atoms with E-state index in [1.807, 2.05) is 36.4 Å². The fraction of sp³-hybridized carbons (Fsp3) is 0.296. The molecule has 0 aliphatic heterocycles. The van der Waals surface area contributed by atoms with Crippen molar-refractivity contribution in [2.24, 2.45) is 0 Å². The Bertz CT molecular complexity index is 1420. The van der Waals surface area contributed by atoms with Gasteiger partial charge in [0.05, 0.1) is 6.10 Å². The maximum Gasteiger partial charge on any atom is 0.246 e. The summed E-state index contributed by atoms with van der Waals surface area (Å²) in [4.78, 5) is 11.1. The summed E-state index contributed by atoms with van der Waals surface area (Å²) in [6, 6.07) is 16.0. The molecular formula is C27H31N3O6S. The number of aromatic hydroxyl groups is 1. The molecule has 1 atom stereocenters. The normalized spacial score (nSPS) is 13.2. The summed E-state index contributed by atoms with van der Waals surface area (Å²) in [6.07, 6.45) is -0.199. The fourth-order valence-corrected chi connectivity index (χ4v) is 5.31. The predicted octanol–water partition coefficient (Wildman–Crippen LogP) is 2.87. The maximum atomic E-state index is 12.4. The third-order valence-electron chi connectivity index (χ3n) is 6.19. The molecule has 10 heteroatoms. The van der Waals surface area contributed by atoms with Gasteiger partial charge >= 0.3 is 0 Å². The first-order valence-corrected chi connectivity index (χ1v) is 13.3. The first kappa shape index (κ1) is 26.6. The highest BCUT2D eigenvalue weighted by Gasteiger charge is 2.23. The summed E-state index contributed by atoms with van der Waals surface area (Å²) >= 11 is 0. The summed E-state index contributed by atoms with van der Waals surface area (Å²) in [5.41, 5.74) is 5.79. The molecule has 196 valence electrons. The number of nitrogens with one attached hydrogen (secondary N) is 2. The highest BCUT2D eigenvalue weighted by atomic mass is 32.2. The van der Waals surface area contributed by atoms with Crippen molar-refractivity contribution in [1.29, 1.82) is 0 Å². The second-order valence-corrected chi connectivity index (χ2v) is 11.3. The number of fused-ring (bicyclic) bond motifs is 3. The van der Waals surface area contributed by atoms with Gasteiger partial charge in [-0.3, -0.25) is 4.79 Å². The Morgan fingerprint density at radius 1 is 1.05 bits per heavy atom. The Morgan fingerprint density at radius 3 is 2.46 bits per heavy atom. The molecule has 9 nitrogen and oxygen atoms in total. The molecule has 1 amide bonds. The molecule has 3 aromatic rings. The van der Waals surface area contributed by atoms with E-state index in [1.54, 1.807) is 0 Å². The topological polar surface area (TPSA) is 128 Å². The van der Waals surface area contributed by atoms with Gasteiger partial charge in [0.15, 0.2) is 0 Å². The van der Waals surface area contributed by atoms with Crippen molar-refractivity contribution in [3.8, 4) is 22.6 Å². The van der Waals surface area contributed by atoms with Gasteiger partial charge < -0.3 is 25.6 Å². The van der Waals surface area contributed by atoms with Crippen LogP contribution >= 0.6 is 0 Å². The SMILES string of the molecule is CC(=O)Nc1ccc2c(c1)Cc1cc(OCCNCC(O)c3ccc(O)c(S(=O)(=O)N(C)C)c3)ccc1-2. The first-order valence-electron chi connectivity index (χ1n) is 11.9. The summed E-state index contributed by atoms with van der Waals surface area (Å²) in [6.45, 7) is 2.52. The largest absolute Gasteiger partial charge is 0.507 e. The average Bonchev–Trinajstić information content (AvgIpc) is 3.20. The minimum Gasteiger partial charge on any atom is -0.507 e. The maximum absolute atomic E-state index is 12.4. The van der Waals surface area contributed by atoms with E-state index in [1.165, 1.54) is 39.2 Å². The number of aliphatic hydroxyl groups is 1. The van der Waals surface area contributed by atoms with Crippen LogP contribution in [0.3, 0.4) is 0 Å². The molecule has 0 spiro atoms. The summed E-state index contributed by atoms with van der Waals surface area (Å²) in [5.74, 6) is 0.280. The lowest BCUT2D eigenvalue weighted by Gasteiger charge is -2.17. The van der Waals surface area contributed by atoms with Gasteiger partial charge in [-0.1, -0.05) is 18.2 Å². The van der Waals surface area contributed by atoms with Crippen LogP contribution in [0.5, 0.6) is 11.5 Å². The number of nitrogens with zero attached hydrogens (tertiary/aromatic N) is 1. The molecular weight excluding hydrogens is 494 g/mol. The number of carbonyl (C=O) groups excluding carboxylic acids is 1. The van der Waals surface area contributed by atoms with E-state index in [-0.39, 0.29) is 23.1 Å². The van der Waals surface area contributed by atoms with E-state index in [4.69, 9.17) is 4.74 Å². The van der Waals surface area contributed by atoms with Crippen LogP contribution in [-0.4, -0.2) is 62.6 Å². The van der Waals surface area contributed by atoms with Gasteiger partial charge in [0, 0.05) is 39.8 Å². The Balaban J connectivity index is 1.29. The zero-order valence-corrected chi connectivity index (χ0v) is 21.8. The zero-order chi connectivity index (χ0) is 26.7. The van der Waals surface area contributed by atoms with Crippen molar-refractivity contribution in [2.45, 2.75) is 24.3 Å². The van der Waals surface area contributed by atoms with Crippen LogP contribution in [0.4, 0.5) is 5.69 Å². The number of ether oxygens (including phenoxy) is 1. The number of sulfonamides is 1. The quantitative estimate of drug-likeness (QED) is 0.234. The number of amides is 1. The molecule has 0 heterocycles. The van der Waals surface area contributed by atoms with Gasteiger partial charge in [0.1, 0.15) is 23.0 Å². The fourth-order valence-electron chi connectivity index (χ4n) is 4.30. The number of phenolic OH excluding ortho intramolecular Hbond substituents is 1. The molecule has 1 unspecified atom stereocenters. The van der Waals surface area contributed by atoms with Crippen molar-refractivity contribution in [3.05, 3.63) is 71.3 Å². The number of hydrogen-bond acceptors (Lipinski definition) is 7. The second kappa shape index (κ2) is 10.9. The minimum absolute atomic E-state index is 0.0997. The van der Waals surface area contributed by atoms with Crippen LogP contribution in [-0.2, 0) is 21.2 Å². The van der Waals surface area contributed by atoms with Crippen LogP contribution in [0.2, 0.25) is 0 Å². The summed E-state index contributed by atoms with van der Waals surface area (Å²) in [5, 5.41) is 26.4. The number of carbonyl (C=O) groups is 1. The average molecular weight is 526 g/mol. The summed E-state index contributed by atoms with van der Waals surface area (Å²) in [7, 11) is -1.08. The van der Waals surface area contributed by atoms with Gasteiger partial charge in [0.25, 0.3) is 0 Å². The third kappa shape index (κ3) is 5.94. The van der Waals surface area contributed by atoms with Gasteiger partial charge in [-0.15, -0.1) is 0 Å². The van der Waals surface area contributed by atoms with Crippen LogP contribution in [0.15, 0.2) is 59.5 Å². The van der Waals surface area contributed by atoms with Crippen molar-refractivity contribution in [1.82, 2.24) is 9.62 Å². The van der Waals surface area contributed by atoms with Crippen LogP contribution < -0.4 is 15.4 Å². The van der Waals surface area contributed by atoms with Crippen molar-refractivity contribution >= 4 is 21.6 Å². The number of anilines is 1. The smallest absolute Gasteiger partial charge is 0.246 e. The van der Waals surface area contributed by atoms with Crippen LogP contribution in [0.25, 0.3) is 11.1 Å². The lowest BCUT2D eigenvalue weighted by molar-refractivity contribution is -0.114. The standard InChI is InChI=1S/C27H31N3O6S/c1-17(31)29-21-5-7-23-19(13-21)12-20-14-22(6-8-24(20)23)36-11-10-28-16-26(33)18-4-9-25(32)27(15-18)37(34,35)30(2)3/h4-9,13-15,26,28,32-33H,10-12,16H2,1-3H3,(H,29,31). The van der Waals surface area contributed by atoms with Crippen LogP contribution in [0.1, 0.15) is 29.7 Å². The number of phenols is 1. The summed E-state index contributed by atoms with van der Waals surface area (Å²) < 4.78 is 31.7. The molecule has 0 radical (unpaired) electrons. The third-order valence-corrected chi connectivity index (χ3v) is 8.03. The second-order valence-electron chi connectivity index (χ2n) is 9.13. The lowest BCUT2D eigenvalue weighted by atomic mass is 10.1. The molecule has 0 aromatic heterocycles. The van der Waals surface area contributed by atoms with Crippen molar-refractivity contribution in [3.63, 3.8) is 0 Å². The molecule has 4 N–H and O–H groups in total. The van der Waals surface area contributed by atoms with Gasteiger partial charge in [-0.05, 0) is 70.6 Å². The Labute approximate surface area is 216 Å². The minimum atomic E-state index is -3.84. The highest BCUT2D eigenvalue weighted by Crippen LogP contribution is 2.39. The zero-order valence-electron chi connectivity index (χ0n) is 21.0. The Hall–Kier alpha value is -3.44. The molecule has 0 bridgehead atoms. The molecule has 1 aliphatic rings. The number of aliphatic hydroxyl groups excluding tert-OH is 1. The van der Waals surface area contributed by atoms with E-state index in [9.17, 15) is 23.4 Å².